The van der Waals surface area contributed by atoms with Gasteiger partial charge in [-0.3, -0.25) is 0 Å². The van der Waals surface area contributed by atoms with Crippen LogP contribution in [-0.4, -0.2) is 15.0 Å². The summed E-state index contributed by atoms with van der Waals surface area (Å²) in [4.78, 5) is 15.0. The molecule has 0 saturated heterocycles. The Morgan fingerprint density at radius 2 is 0.842 bits per heavy atom. The second kappa shape index (κ2) is 10.4. The van der Waals surface area contributed by atoms with Crippen LogP contribution in [0.5, 0.6) is 0 Å². The third kappa shape index (κ3) is 4.84. The number of hydrogen-bond acceptors (Lipinski definition) is 3. The van der Waals surface area contributed by atoms with Crippen LogP contribution in [0.1, 0.15) is 5.56 Å². The average molecular weight is 510 g/mol. The van der Waals surface area contributed by atoms with Crippen molar-refractivity contribution in [3.63, 3.8) is 0 Å². The van der Waals surface area contributed by atoms with Crippen molar-refractivity contribution in [2.24, 2.45) is 0 Å². The highest BCUT2D eigenvalue weighted by molar-refractivity contribution is 6.30. The molecule has 0 spiro atoms. The largest absolute Gasteiger partial charge is 0.208 e. The summed E-state index contributed by atoms with van der Waals surface area (Å²) >= 11 is 6.45. The Morgan fingerprint density at radius 1 is 0.421 bits per heavy atom. The van der Waals surface area contributed by atoms with Crippen LogP contribution in [0.3, 0.4) is 0 Å². The summed E-state index contributed by atoms with van der Waals surface area (Å²) in [5, 5.41) is 0.651. The van der Waals surface area contributed by atoms with Crippen molar-refractivity contribution in [3.8, 4) is 56.4 Å². The molecule has 38 heavy (non-hydrogen) atoms. The summed E-state index contributed by atoms with van der Waals surface area (Å²) in [6.45, 7) is 2.02. The van der Waals surface area contributed by atoms with Crippen LogP contribution in [-0.2, 0) is 0 Å². The van der Waals surface area contributed by atoms with Crippen LogP contribution < -0.4 is 0 Å². The predicted molar refractivity (Wildman–Crippen MR) is 157 cm³/mol. The minimum absolute atomic E-state index is 0.585. The number of benzene rings is 5. The molecule has 6 rings (SSSR count). The van der Waals surface area contributed by atoms with Gasteiger partial charge >= 0.3 is 0 Å². The topological polar surface area (TPSA) is 38.7 Å². The van der Waals surface area contributed by atoms with Gasteiger partial charge in [0.25, 0.3) is 0 Å². The second-order valence-corrected chi connectivity index (χ2v) is 9.58. The Kier molecular flexibility index (Phi) is 6.51. The molecular weight excluding hydrogens is 486 g/mol. The van der Waals surface area contributed by atoms with Gasteiger partial charge in [0.1, 0.15) is 0 Å². The molecule has 0 fully saturated rings. The van der Waals surface area contributed by atoms with Crippen LogP contribution in [0, 0.1) is 6.92 Å². The molecule has 0 aliphatic rings. The summed E-state index contributed by atoms with van der Waals surface area (Å²) < 4.78 is 0. The SMILES string of the molecule is Cc1cc(Cl)cc(-c2nc(-c3ccccc3-c3ccccc3)nc(-c3ccccc3-c3ccccc3)n2)c1. The highest BCUT2D eigenvalue weighted by Crippen LogP contribution is 2.35. The maximum absolute atomic E-state index is 6.45. The van der Waals surface area contributed by atoms with Gasteiger partial charge < -0.3 is 0 Å². The van der Waals surface area contributed by atoms with Gasteiger partial charge in [-0.1, -0.05) is 121 Å². The van der Waals surface area contributed by atoms with Gasteiger partial charge in [-0.15, -0.1) is 0 Å². The maximum Gasteiger partial charge on any atom is 0.164 e. The fraction of sp³-hybridized carbons (Fsp3) is 0.0294. The summed E-state index contributed by atoms with van der Waals surface area (Å²) in [7, 11) is 0. The molecule has 1 heterocycles. The van der Waals surface area contributed by atoms with Gasteiger partial charge in [-0.05, 0) is 52.9 Å². The fourth-order valence-corrected chi connectivity index (χ4v) is 5.00. The summed E-state index contributed by atoms with van der Waals surface area (Å²) in [5.74, 6) is 1.82. The molecule has 0 aliphatic carbocycles. The smallest absolute Gasteiger partial charge is 0.164 e. The molecule has 182 valence electrons. The molecule has 5 aromatic carbocycles. The zero-order valence-corrected chi connectivity index (χ0v) is 21.6. The first kappa shape index (κ1) is 23.8. The Hall–Kier alpha value is -4.60. The molecule has 3 nitrogen and oxygen atoms in total. The van der Waals surface area contributed by atoms with Gasteiger partial charge in [0.15, 0.2) is 17.5 Å². The Bertz CT molecular complexity index is 1610. The Morgan fingerprint density at radius 3 is 1.32 bits per heavy atom. The molecule has 4 heteroatoms. The third-order valence-corrected chi connectivity index (χ3v) is 6.66. The van der Waals surface area contributed by atoms with Gasteiger partial charge in [-0.25, -0.2) is 15.0 Å². The number of rotatable bonds is 5. The highest BCUT2D eigenvalue weighted by Gasteiger charge is 2.17. The fourth-order valence-electron chi connectivity index (χ4n) is 4.71. The first-order valence-electron chi connectivity index (χ1n) is 12.5. The average Bonchev–Trinajstić information content (AvgIpc) is 2.97. The van der Waals surface area contributed by atoms with Crippen molar-refractivity contribution in [1.29, 1.82) is 0 Å². The van der Waals surface area contributed by atoms with Crippen molar-refractivity contribution in [2.45, 2.75) is 6.92 Å². The number of hydrogen-bond donors (Lipinski definition) is 0. The van der Waals surface area contributed by atoms with Crippen LogP contribution in [0.15, 0.2) is 127 Å². The zero-order chi connectivity index (χ0) is 25.9. The van der Waals surface area contributed by atoms with E-state index >= 15 is 0 Å². The van der Waals surface area contributed by atoms with Crippen molar-refractivity contribution in [3.05, 3.63) is 138 Å². The van der Waals surface area contributed by atoms with Gasteiger partial charge in [0, 0.05) is 21.7 Å². The minimum Gasteiger partial charge on any atom is -0.208 e. The number of halogens is 1. The van der Waals surface area contributed by atoms with E-state index in [4.69, 9.17) is 26.6 Å². The quantitative estimate of drug-likeness (QED) is 0.232. The standard InChI is InChI=1S/C34H24ClN3/c1-23-20-26(22-27(35)21-23)32-36-33(30-18-10-8-16-28(30)24-12-4-2-5-13-24)38-34(37-32)31-19-11-9-17-29(31)25-14-6-3-7-15-25/h2-22H,1H3. The minimum atomic E-state index is 0.585. The normalized spacial score (nSPS) is 10.9. The van der Waals surface area contributed by atoms with E-state index in [0.29, 0.717) is 22.5 Å². The summed E-state index contributed by atoms with van der Waals surface area (Å²) in [6.07, 6.45) is 0. The molecule has 0 radical (unpaired) electrons. The lowest BCUT2D eigenvalue weighted by molar-refractivity contribution is 1.07. The third-order valence-electron chi connectivity index (χ3n) is 6.44. The number of nitrogens with zero attached hydrogens (tertiary/aromatic N) is 3. The van der Waals surface area contributed by atoms with E-state index in [2.05, 4.69) is 54.6 Å². The predicted octanol–water partition coefficient (Wildman–Crippen LogP) is 9.17. The molecule has 0 aliphatic heterocycles. The van der Waals surface area contributed by atoms with Crippen LogP contribution in [0.25, 0.3) is 56.4 Å². The van der Waals surface area contributed by atoms with Gasteiger partial charge in [0.05, 0.1) is 0 Å². The lowest BCUT2D eigenvalue weighted by atomic mass is 9.98. The molecule has 0 atom stereocenters. The van der Waals surface area contributed by atoms with Crippen molar-refractivity contribution in [1.82, 2.24) is 15.0 Å². The summed E-state index contributed by atoms with van der Waals surface area (Å²) in [5.41, 5.74) is 8.13. The first-order valence-corrected chi connectivity index (χ1v) is 12.9. The molecule has 1 aromatic heterocycles. The van der Waals surface area contributed by atoms with E-state index in [-0.39, 0.29) is 0 Å². The van der Waals surface area contributed by atoms with E-state index < -0.39 is 0 Å². The van der Waals surface area contributed by atoms with Crippen molar-refractivity contribution in [2.75, 3.05) is 0 Å². The molecule has 6 aromatic rings. The zero-order valence-electron chi connectivity index (χ0n) is 20.8. The Labute approximate surface area is 227 Å². The molecular formula is C34H24ClN3. The van der Waals surface area contributed by atoms with Crippen molar-refractivity contribution >= 4 is 11.6 Å². The van der Waals surface area contributed by atoms with Crippen LogP contribution >= 0.6 is 11.6 Å². The maximum atomic E-state index is 6.45. The van der Waals surface area contributed by atoms with Crippen LogP contribution in [0.2, 0.25) is 5.02 Å². The molecule has 0 bridgehead atoms. The molecule has 0 N–H and O–H groups in total. The second-order valence-electron chi connectivity index (χ2n) is 9.15. The summed E-state index contributed by atoms with van der Waals surface area (Å²) in [6, 6.07) is 43.0. The number of aromatic nitrogens is 3. The van der Waals surface area contributed by atoms with E-state index in [1.807, 2.05) is 79.7 Å². The van der Waals surface area contributed by atoms with Crippen LogP contribution in [0.4, 0.5) is 0 Å². The van der Waals surface area contributed by atoms with Crippen molar-refractivity contribution < 1.29 is 0 Å². The lowest BCUT2D eigenvalue weighted by Crippen LogP contribution is -2.02. The molecule has 0 saturated carbocycles. The molecule has 0 amide bonds. The monoisotopic (exact) mass is 509 g/mol. The van der Waals surface area contributed by atoms with Gasteiger partial charge in [-0.2, -0.15) is 0 Å². The number of aryl methyl sites for hydroxylation is 1. The molecule has 0 unspecified atom stereocenters. The first-order chi connectivity index (χ1) is 18.7. The Balaban J connectivity index is 1.61. The van der Waals surface area contributed by atoms with E-state index in [9.17, 15) is 0 Å². The lowest BCUT2D eigenvalue weighted by Gasteiger charge is -2.14. The highest BCUT2D eigenvalue weighted by atomic mass is 35.5. The van der Waals surface area contributed by atoms with E-state index in [1.165, 1.54) is 0 Å². The van der Waals surface area contributed by atoms with E-state index in [0.717, 1.165) is 44.5 Å². The van der Waals surface area contributed by atoms with Gasteiger partial charge in [0.2, 0.25) is 0 Å². The van der Waals surface area contributed by atoms with E-state index in [1.54, 1.807) is 0 Å².